The summed E-state index contributed by atoms with van der Waals surface area (Å²) in [6, 6.07) is 12.7. The van der Waals surface area contributed by atoms with Crippen LogP contribution in [-0.4, -0.2) is 47.0 Å². The second-order valence-electron chi connectivity index (χ2n) is 5.89. The largest absolute Gasteiger partial charge is 0.493 e. The fraction of sp³-hybridized carbons (Fsp3) is 0.263. The highest BCUT2D eigenvalue weighted by atomic mass is 32.2. The fourth-order valence-corrected chi connectivity index (χ4v) is 3.36. The summed E-state index contributed by atoms with van der Waals surface area (Å²) in [5.74, 6) is 0.310. The van der Waals surface area contributed by atoms with E-state index < -0.39 is 15.9 Å². The Balaban J connectivity index is 1.75. The molecule has 0 aliphatic rings. The van der Waals surface area contributed by atoms with Crippen molar-refractivity contribution in [2.24, 2.45) is 0 Å². The molecule has 9 nitrogen and oxygen atoms in total. The van der Waals surface area contributed by atoms with Gasteiger partial charge in [0, 0.05) is 25.7 Å². The van der Waals surface area contributed by atoms with Crippen molar-refractivity contribution in [3.63, 3.8) is 0 Å². The van der Waals surface area contributed by atoms with Gasteiger partial charge in [0.2, 0.25) is 15.9 Å². The number of nitrogens with one attached hydrogen (secondary N) is 3. The van der Waals surface area contributed by atoms with Gasteiger partial charge in [-0.3, -0.25) is 9.59 Å². The summed E-state index contributed by atoms with van der Waals surface area (Å²) < 4.78 is 37.4. The smallest absolute Gasteiger partial charge is 0.257 e. The number of hydrogen-bond donors (Lipinski definition) is 3. The molecule has 0 aliphatic heterocycles. The van der Waals surface area contributed by atoms with E-state index in [4.69, 9.17) is 9.47 Å². The molecule has 0 heterocycles. The lowest BCUT2D eigenvalue weighted by Crippen LogP contribution is -2.36. The Labute approximate surface area is 169 Å². The van der Waals surface area contributed by atoms with E-state index >= 15 is 0 Å². The molecule has 0 bridgehead atoms. The fourth-order valence-electron chi connectivity index (χ4n) is 2.32. The summed E-state index contributed by atoms with van der Waals surface area (Å²) in [5.41, 5.74) is 0.499. The Kier molecular flexibility index (Phi) is 7.98. The average molecular weight is 421 g/mol. The molecule has 2 aromatic carbocycles. The Morgan fingerprint density at radius 3 is 2.24 bits per heavy atom. The Bertz CT molecular complexity index is 945. The number of carbonyl (C=O) groups is 2. The molecule has 0 fully saturated rings. The van der Waals surface area contributed by atoms with Crippen LogP contribution in [0.2, 0.25) is 0 Å². The van der Waals surface area contributed by atoms with Gasteiger partial charge in [-0.1, -0.05) is 12.1 Å². The lowest BCUT2D eigenvalue weighted by Gasteiger charge is -2.11. The number of hydrogen-bond acceptors (Lipinski definition) is 6. The van der Waals surface area contributed by atoms with Gasteiger partial charge in [0.1, 0.15) is 0 Å². The van der Waals surface area contributed by atoms with Crippen LogP contribution in [0.25, 0.3) is 0 Å². The van der Waals surface area contributed by atoms with Crippen molar-refractivity contribution < 1.29 is 27.5 Å². The number of anilines is 1. The number of benzene rings is 2. The van der Waals surface area contributed by atoms with Gasteiger partial charge in [-0.2, -0.15) is 0 Å². The summed E-state index contributed by atoms with van der Waals surface area (Å²) in [6.07, 6.45) is 0. The third-order valence-corrected chi connectivity index (χ3v) is 5.13. The molecule has 2 rings (SSSR count). The van der Waals surface area contributed by atoms with Gasteiger partial charge in [-0.15, -0.1) is 0 Å². The summed E-state index contributed by atoms with van der Waals surface area (Å²) in [7, 11) is -2.23. The highest BCUT2D eigenvalue weighted by Crippen LogP contribution is 2.25. The second-order valence-corrected chi connectivity index (χ2v) is 7.66. The van der Waals surface area contributed by atoms with Gasteiger partial charge >= 0.3 is 0 Å². The Hall–Kier alpha value is -3.11. The van der Waals surface area contributed by atoms with Crippen LogP contribution >= 0.6 is 0 Å². The minimum atomic E-state index is -3.73. The van der Waals surface area contributed by atoms with E-state index in [2.05, 4.69) is 15.4 Å². The quantitative estimate of drug-likeness (QED) is 0.494. The minimum absolute atomic E-state index is 0.0101. The number of para-hydroxylation sites is 2. The monoisotopic (exact) mass is 421 g/mol. The molecule has 10 heteroatoms. The number of sulfonamides is 1. The van der Waals surface area contributed by atoms with E-state index in [1.807, 2.05) is 0 Å². The van der Waals surface area contributed by atoms with E-state index in [0.717, 1.165) is 0 Å². The van der Waals surface area contributed by atoms with Gasteiger partial charge in [0.15, 0.2) is 18.1 Å². The highest BCUT2D eigenvalue weighted by molar-refractivity contribution is 7.89. The average Bonchev–Trinajstić information content (AvgIpc) is 2.70. The first-order chi connectivity index (χ1) is 13.8. The maximum Gasteiger partial charge on any atom is 0.257 e. The lowest BCUT2D eigenvalue weighted by molar-refractivity contribution is -0.123. The van der Waals surface area contributed by atoms with Crippen molar-refractivity contribution >= 4 is 27.5 Å². The normalized spacial score (nSPS) is 10.8. The third-order valence-electron chi connectivity index (χ3n) is 3.65. The lowest BCUT2D eigenvalue weighted by atomic mass is 10.3. The van der Waals surface area contributed by atoms with Crippen molar-refractivity contribution in [1.82, 2.24) is 10.0 Å². The molecule has 29 heavy (non-hydrogen) atoms. The van der Waals surface area contributed by atoms with E-state index in [0.29, 0.717) is 17.2 Å². The van der Waals surface area contributed by atoms with Gasteiger partial charge in [-0.25, -0.2) is 13.1 Å². The number of rotatable bonds is 10. The molecule has 0 aromatic heterocycles. The molecular formula is C19H23N3O6S. The molecule has 0 spiro atoms. The third kappa shape index (κ3) is 7.09. The van der Waals surface area contributed by atoms with Crippen LogP contribution in [0.1, 0.15) is 6.92 Å². The SMILES string of the molecule is COc1ccccc1OCC(=O)NCCNS(=O)(=O)c1ccc(NC(C)=O)cc1. The standard InChI is InChI=1S/C19H23N3O6S/c1-14(23)22-15-7-9-16(10-8-15)29(25,26)21-12-11-20-19(24)13-28-18-6-4-3-5-17(18)27-2/h3-10,21H,11-13H2,1-2H3,(H,20,24)(H,22,23). The molecular weight excluding hydrogens is 398 g/mol. The van der Waals surface area contributed by atoms with Crippen molar-refractivity contribution in [3.05, 3.63) is 48.5 Å². The molecule has 3 N–H and O–H groups in total. The number of carbonyl (C=O) groups excluding carboxylic acids is 2. The van der Waals surface area contributed by atoms with Crippen LogP contribution in [0.5, 0.6) is 11.5 Å². The molecule has 0 atom stereocenters. The Morgan fingerprint density at radius 2 is 1.62 bits per heavy atom. The zero-order chi connectivity index (χ0) is 21.3. The zero-order valence-corrected chi connectivity index (χ0v) is 16.9. The van der Waals surface area contributed by atoms with E-state index in [1.54, 1.807) is 24.3 Å². The van der Waals surface area contributed by atoms with Crippen LogP contribution < -0.4 is 24.8 Å². The van der Waals surface area contributed by atoms with Crippen LogP contribution in [-0.2, 0) is 19.6 Å². The molecule has 0 radical (unpaired) electrons. The first-order valence-electron chi connectivity index (χ1n) is 8.71. The van der Waals surface area contributed by atoms with Crippen LogP contribution in [0.4, 0.5) is 5.69 Å². The molecule has 0 saturated carbocycles. The maximum absolute atomic E-state index is 12.2. The predicted molar refractivity (Wildman–Crippen MR) is 107 cm³/mol. The zero-order valence-electron chi connectivity index (χ0n) is 16.1. The van der Waals surface area contributed by atoms with Crippen LogP contribution in [0.15, 0.2) is 53.4 Å². The molecule has 0 unspecified atom stereocenters. The molecule has 2 aromatic rings. The van der Waals surface area contributed by atoms with Crippen molar-refractivity contribution in [3.8, 4) is 11.5 Å². The summed E-state index contributed by atoms with van der Waals surface area (Å²) >= 11 is 0. The van der Waals surface area contributed by atoms with Gasteiger partial charge in [0.25, 0.3) is 5.91 Å². The van der Waals surface area contributed by atoms with E-state index in [-0.39, 0.29) is 30.5 Å². The summed E-state index contributed by atoms with van der Waals surface area (Å²) in [6.45, 7) is 1.24. The first kappa shape index (κ1) is 22.2. The highest BCUT2D eigenvalue weighted by Gasteiger charge is 2.13. The van der Waals surface area contributed by atoms with Crippen molar-refractivity contribution in [2.75, 3.05) is 32.1 Å². The van der Waals surface area contributed by atoms with Gasteiger partial charge < -0.3 is 20.1 Å². The Morgan fingerprint density at radius 1 is 0.966 bits per heavy atom. The van der Waals surface area contributed by atoms with Gasteiger partial charge in [0.05, 0.1) is 12.0 Å². The number of methoxy groups -OCH3 is 1. The molecule has 0 saturated heterocycles. The topological polar surface area (TPSA) is 123 Å². The van der Waals surface area contributed by atoms with Crippen molar-refractivity contribution in [1.29, 1.82) is 0 Å². The minimum Gasteiger partial charge on any atom is -0.493 e. The van der Waals surface area contributed by atoms with Crippen LogP contribution in [0, 0.1) is 0 Å². The predicted octanol–water partition coefficient (Wildman–Crippen LogP) is 1.13. The molecule has 156 valence electrons. The van der Waals surface area contributed by atoms with E-state index in [1.165, 1.54) is 38.3 Å². The number of amides is 2. The van der Waals surface area contributed by atoms with Crippen LogP contribution in [0.3, 0.4) is 0 Å². The van der Waals surface area contributed by atoms with E-state index in [9.17, 15) is 18.0 Å². The molecule has 0 aliphatic carbocycles. The second kappa shape index (κ2) is 10.4. The van der Waals surface area contributed by atoms with Crippen molar-refractivity contribution in [2.45, 2.75) is 11.8 Å². The summed E-state index contributed by atoms with van der Waals surface area (Å²) in [4.78, 5) is 22.9. The summed E-state index contributed by atoms with van der Waals surface area (Å²) in [5, 5.41) is 5.12. The maximum atomic E-state index is 12.2. The number of ether oxygens (including phenoxy) is 2. The first-order valence-corrected chi connectivity index (χ1v) is 10.2. The van der Waals surface area contributed by atoms with Gasteiger partial charge in [-0.05, 0) is 36.4 Å². The molecule has 2 amide bonds.